The van der Waals surface area contributed by atoms with Crippen molar-refractivity contribution in [3.63, 3.8) is 0 Å². The Bertz CT molecular complexity index is 728. The number of nitrogens with zero attached hydrogens (tertiary/aromatic N) is 1. The highest BCUT2D eigenvalue weighted by molar-refractivity contribution is 5.92. The second kappa shape index (κ2) is 6.82. The zero-order chi connectivity index (χ0) is 17.1. The molecule has 4 heteroatoms. The van der Waals surface area contributed by atoms with Crippen molar-refractivity contribution < 1.29 is 8.78 Å². The normalized spacial score (nSPS) is 14.7. The highest BCUT2D eigenvalue weighted by Crippen LogP contribution is 2.41. The molecule has 23 heavy (non-hydrogen) atoms. The first kappa shape index (κ1) is 17.0. The van der Waals surface area contributed by atoms with Gasteiger partial charge in [-0.15, -0.1) is 0 Å². The third kappa shape index (κ3) is 3.21. The average molecular weight is 316 g/mol. The van der Waals surface area contributed by atoms with Crippen LogP contribution < -0.4 is 10.6 Å². The summed E-state index contributed by atoms with van der Waals surface area (Å²) in [6.45, 7) is 9.81. The van der Waals surface area contributed by atoms with Crippen molar-refractivity contribution in [1.82, 2.24) is 0 Å². The molecule has 2 N–H and O–H groups in total. The topological polar surface area (TPSA) is 29.3 Å². The number of rotatable bonds is 4. The molecule has 0 unspecified atom stereocenters. The molecule has 0 radical (unpaired) electrons. The van der Waals surface area contributed by atoms with Gasteiger partial charge in [0, 0.05) is 23.9 Å². The standard InChI is InChI=1S/C19H22F2N2/c1-5-6-7-12(2)8-10-23-11-9-13(3)15-18(22)16(20)14(4)17(21)19(15)23/h5-7,9,11H,3,8,10,22H2,1-2,4H3/b6-5-,12-7+. The van der Waals surface area contributed by atoms with Gasteiger partial charge in [0.2, 0.25) is 0 Å². The molecule has 1 heterocycles. The summed E-state index contributed by atoms with van der Waals surface area (Å²) in [6, 6.07) is 0. The second-order valence-corrected chi connectivity index (χ2v) is 5.71. The maximum Gasteiger partial charge on any atom is 0.153 e. The van der Waals surface area contributed by atoms with Gasteiger partial charge in [-0.3, -0.25) is 0 Å². The molecule has 0 spiro atoms. The lowest BCUT2D eigenvalue weighted by Gasteiger charge is -2.30. The average Bonchev–Trinajstić information content (AvgIpc) is 2.54. The van der Waals surface area contributed by atoms with Crippen LogP contribution in [-0.2, 0) is 0 Å². The Morgan fingerprint density at radius 1 is 1.35 bits per heavy atom. The molecule has 0 saturated carbocycles. The van der Waals surface area contributed by atoms with Gasteiger partial charge in [-0.1, -0.05) is 30.4 Å². The fourth-order valence-electron chi connectivity index (χ4n) is 2.58. The van der Waals surface area contributed by atoms with Gasteiger partial charge in [-0.2, -0.15) is 0 Å². The van der Waals surface area contributed by atoms with Crippen molar-refractivity contribution in [3.05, 3.63) is 65.4 Å². The van der Waals surface area contributed by atoms with E-state index in [1.54, 1.807) is 17.2 Å². The van der Waals surface area contributed by atoms with Crippen LogP contribution in [0.25, 0.3) is 5.57 Å². The minimum absolute atomic E-state index is 0.0422. The Morgan fingerprint density at radius 2 is 2.04 bits per heavy atom. The van der Waals surface area contributed by atoms with E-state index in [1.165, 1.54) is 12.5 Å². The van der Waals surface area contributed by atoms with Crippen LogP contribution in [-0.4, -0.2) is 6.54 Å². The van der Waals surface area contributed by atoms with E-state index in [0.29, 0.717) is 23.4 Å². The van der Waals surface area contributed by atoms with Crippen molar-refractivity contribution >= 4 is 16.9 Å². The number of anilines is 2. The molecule has 1 aliphatic heterocycles. The lowest BCUT2D eigenvalue weighted by molar-refractivity contribution is 0.569. The number of halogens is 2. The molecule has 0 aliphatic carbocycles. The van der Waals surface area contributed by atoms with Crippen LogP contribution >= 0.6 is 0 Å². The van der Waals surface area contributed by atoms with Gasteiger partial charge in [0.05, 0.1) is 11.4 Å². The SMILES string of the molecule is C=C1C=CN(CC/C(C)=C/C=C\C)c2c(F)c(C)c(F)c(N)c21. The summed E-state index contributed by atoms with van der Waals surface area (Å²) < 4.78 is 28.7. The molecule has 0 aromatic heterocycles. The molecular weight excluding hydrogens is 294 g/mol. The zero-order valence-electron chi connectivity index (χ0n) is 13.8. The van der Waals surface area contributed by atoms with Crippen molar-refractivity contribution in [1.29, 1.82) is 0 Å². The lowest BCUT2D eigenvalue weighted by atomic mass is 9.95. The van der Waals surface area contributed by atoms with E-state index in [9.17, 15) is 8.78 Å². The van der Waals surface area contributed by atoms with Gasteiger partial charge in [0.1, 0.15) is 0 Å². The van der Waals surface area contributed by atoms with Crippen molar-refractivity contribution in [3.8, 4) is 0 Å². The van der Waals surface area contributed by atoms with Crippen molar-refractivity contribution in [2.24, 2.45) is 0 Å². The number of benzene rings is 1. The van der Waals surface area contributed by atoms with Crippen LogP contribution in [0.1, 0.15) is 31.4 Å². The van der Waals surface area contributed by atoms with Gasteiger partial charge in [0.25, 0.3) is 0 Å². The maximum atomic E-state index is 14.6. The smallest absolute Gasteiger partial charge is 0.153 e. The number of hydrogen-bond donors (Lipinski definition) is 1. The van der Waals surface area contributed by atoms with E-state index in [0.717, 1.165) is 6.42 Å². The summed E-state index contributed by atoms with van der Waals surface area (Å²) in [5.41, 5.74) is 8.12. The molecule has 122 valence electrons. The number of fused-ring (bicyclic) bond motifs is 1. The predicted octanol–water partition coefficient (Wildman–Crippen LogP) is 5.11. The first-order valence-corrected chi connectivity index (χ1v) is 7.58. The highest BCUT2D eigenvalue weighted by Gasteiger charge is 2.27. The minimum Gasteiger partial charge on any atom is -0.396 e. The molecule has 1 aromatic rings. The predicted molar refractivity (Wildman–Crippen MR) is 94.2 cm³/mol. The summed E-state index contributed by atoms with van der Waals surface area (Å²) in [7, 11) is 0. The Morgan fingerprint density at radius 3 is 2.70 bits per heavy atom. The molecule has 1 aliphatic rings. The van der Waals surface area contributed by atoms with Crippen LogP contribution in [0.2, 0.25) is 0 Å². The summed E-state index contributed by atoms with van der Waals surface area (Å²) in [5.74, 6) is -1.28. The Hall–Kier alpha value is -2.36. The number of nitrogen functional groups attached to an aromatic ring is 1. The van der Waals surface area contributed by atoms with Crippen LogP contribution in [0.3, 0.4) is 0 Å². The summed E-state index contributed by atoms with van der Waals surface area (Å²) in [6.07, 6.45) is 10.2. The van der Waals surface area contributed by atoms with E-state index in [4.69, 9.17) is 5.73 Å². The summed E-state index contributed by atoms with van der Waals surface area (Å²) >= 11 is 0. The third-order valence-electron chi connectivity index (χ3n) is 3.99. The van der Waals surface area contributed by atoms with Gasteiger partial charge in [-0.05, 0) is 38.8 Å². The van der Waals surface area contributed by atoms with Crippen molar-refractivity contribution in [2.75, 3.05) is 17.2 Å². The molecule has 0 bridgehead atoms. The van der Waals surface area contributed by atoms with Gasteiger partial charge in [0.15, 0.2) is 11.6 Å². The molecule has 1 aromatic carbocycles. The van der Waals surface area contributed by atoms with E-state index in [2.05, 4.69) is 6.58 Å². The highest BCUT2D eigenvalue weighted by atomic mass is 19.1. The Labute approximate surface area is 136 Å². The van der Waals surface area contributed by atoms with Crippen LogP contribution in [0.4, 0.5) is 20.2 Å². The molecule has 2 rings (SSSR count). The number of hydrogen-bond acceptors (Lipinski definition) is 2. The van der Waals surface area contributed by atoms with Gasteiger partial charge in [-0.25, -0.2) is 8.78 Å². The maximum absolute atomic E-state index is 14.6. The van der Waals surface area contributed by atoms with Crippen LogP contribution in [0.15, 0.2) is 42.7 Å². The molecule has 0 atom stereocenters. The van der Waals surface area contributed by atoms with E-state index in [-0.39, 0.29) is 11.3 Å². The quantitative estimate of drug-likeness (QED) is 0.617. The minimum atomic E-state index is -0.707. The molecule has 0 fully saturated rings. The summed E-state index contributed by atoms with van der Waals surface area (Å²) in [4.78, 5) is 1.77. The largest absolute Gasteiger partial charge is 0.396 e. The number of nitrogens with two attached hydrogens (primary N) is 1. The summed E-state index contributed by atoms with van der Waals surface area (Å²) in [5, 5.41) is 0. The fraction of sp³-hybridized carbons (Fsp3) is 0.263. The fourth-order valence-corrected chi connectivity index (χ4v) is 2.58. The molecule has 0 saturated heterocycles. The molecule has 0 amide bonds. The van der Waals surface area contributed by atoms with Crippen molar-refractivity contribution in [2.45, 2.75) is 27.2 Å². The Kier molecular flexibility index (Phi) is 5.04. The van der Waals surface area contributed by atoms with Gasteiger partial charge < -0.3 is 10.6 Å². The van der Waals surface area contributed by atoms with E-state index in [1.807, 2.05) is 32.1 Å². The van der Waals surface area contributed by atoms with E-state index < -0.39 is 11.6 Å². The van der Waals surface area contributed by atoms with Gasteiger partial charge >= 0.3 is 0 Å². The molecule has 2 nitrogen and oxygen atoms in total. The zero-order valence-corrected chi connectivity index (χ0v) is 13.8. The monoisotopic (exact) mass is 316 g/mol. The van der Waals surface area contributed by atoms with Crippen LogP contribution in [0, 0.1) is 18.6 Å². The third-order valence-corrected chi connectivity index (χ3v) is 3.99. The molecular formula is C19H22F2N2. The lowest BCUT2D eigenvalue weighted by Crippen LogP contribution is -2.24. The number of allylic oxidation sites excluding steroid dienone is 5. The Balaban J connectivity index is 2.40. The first-order chi connectivity index (χ1) is 10.9. The second-order valence-electron chi connectivity index (χ2n) is 5.71. The first-order valence-electron chi connectivity index (χ1n) is 7.58. The van der Waals surface area contributed by atoms with Crippen LogP contribution in [0.5, 0.6) is 0 Å². The van der Waals surface area contributed by atoms with E-state index >= 15 is 0 Å².